The molecule has 2 rings (SSSR count). The average molecular weight is 679 g/mol. The van der Waals surface area contributed by atoms with E-state index in [1.54, 1.807) is 0 Å². The van der Waals surface area contributed by atoms with E-state index in [0.717, 1.165) is 0 Å². The van der Waals surface area contributed by atoms with Gasteiger partial charge in [-0.05, 0) is 58.3 Å². The number of rotatable bonds is 17. The van der Waals surface area contributed by atoms with E-state index in [-0.39, 0.29) is 13.2 Å². The third-order valence-corrected chi connectivity index (χ3v) is 16.4. The van der Waals surface area contributed by atoms with Gasteiger partial charge in [-0.25, -0.2) is 0 Å². The molecule has 2 aliphatic rings. The Morgan fingerprint density at radius 3 is 1.56 bits per heavy atom. The molecule has 15 nitrogen and oxygen atoms in total. The monoisotopic (exact) mass is 678 g/mol. The van der Waals surface area contributed by atoms with E-state index < -0.39 is 106 Å². The largest absolute Gasteiger partial charge is 0.437 e. The van der Waals surface area contributed by atoms with Crippen LogP contribution in [0.1, 0.15) is 6.42 Å². The molecule has 0 aromatic carbocycles. The summed E-state index contributed by atoms with van der Waals surface area (Å²) in [5, 5.41) is 80.1. The summed E-state index contributed by atoms with van der Waals surface area (Å²) in [6, 6.07) is 0.696. The minimum absolute atomic E-state index is 0.103. The lowest BCUT2D eigenvalue weighted by Crippen LogP contribution is -2.60. The molecule has 0 saturated carbocycles. The molecule has 0 aliphatic carbocycles. The Morgan fingerprint density at radius 2 is 1.09 bits per heavy atom. The van der Waals surface area contributed by atoms with Crippen molar-refractivity contribution in [1.29, 1.82) is 0 Å². The standard InChI is InChI=1S/C25H54O15Si3/c1-41(2,3)39-43(7,40-42(4,5)6)10-8-9-34-13-15(36-25-23(33)21(31)19(29)17(12-27)38-25)14-35-24-22(32)20(30)18(28)16(11-26)37-24/h15-33H,8-14H2,1-7H3. The predicted octanol–water partition coefficient (Wildman–Crippen LogP) is -1.83. The van der Waals surface area contributed by atoms with Gasteiger partial charge in [0, 0.05) is 6.61 Å². The van der Waals surface area contributed by atoms with Crippen LogP contribution in [-0.4, -0.2) is 167 Å². The molecule has 0 radical (unpaired) electrons. The van der Waals surface area contributed by atoms with Crippen molar-refractivity contribution in [3.63, 3.8) is 0 Å². The summed E-state index contributed by atoms with van der Waals surface area (Å²) in [7, 11) is -6.23. The maximum Gasteiger partial charge on any atom is 0.314 e. The molecule has 11 atom stereocenters. The third-order valence-electron chi connectivity index (χ3n) is 6.74. The fourth-order valence-corrected chi connectivity index (χ4v) is 17.5. The zero-order valence-electron chi connectivity index (χ0n) is 26.2. The molecule has 256 valence electrons. The molecule has 8 N–H and O–H groups in total. The first-order valence-electron chi connectivity index (χ1n) is 14.7. The highest BCUT2D eigenvalue weighted by molar-refractivity contribution is 6.87. The third kappa shape index (κ3) is 12.3. The number of aliphatic hydroxyl groups is 8. The molecule has 0 bridgehead atoms. The van der Waals surface area contributed by atoms with Crippen molar-refractivity contribution in [3.05, 3.63) is 0 Å². The summed E-state index contributed by atoms with van der Waals surface area (Å²) in [5.74, 6) is 0. The van der Waals surface area contributed by atoms with Crippen LogP contribution in [-0.2, 0) is 31.9 Å². The van der Waals surface area contributed by atoms with E-state index in [1.807, 2.05) is 0 Å². The first kappa shape index (κ1) is 39.2. The van der Waals surface area contributed by atoms with Gasteiger partial charge in [0.2, 0.25) is 0 Å². The first-order valence-corrected chi connectivity index (χ1v) is 24.0. The average Bonchev–Trinajstić information content (AvgIpc) is 2.88. The van der Waals surface area contributed by atoms with Gasteiger partial charge in [-0.2, -0.15) is 0 Å². The van der Waals surface area contributed by atoms with E-state index in [1.165, 1.54) is 0 Å². The van der Waals surface area contributed by atoms with Crippen molar-refractivity contribution in [2.75, 3.05) is 33.0 Å². The van der Waals surface area contributed by atoms with Crippen LogP contribution >= 0.6 is 0 Å². The van der Waals surface area contributed by atoms with Gasteiger partial charge in [0.15, 0.2) is 29.2 Å². The van der Waals surface area contributed by atoms with Gasteiger partial charge < -0.3 is 72.8 Å². The van der Waals surface area contributed by atoms with Gasteiger partial charge in [0.1, 0.15) is 54.9 Å². The Bertz CT molecular complexity index is 796. The second kappa shape index (κ2) is 16.7. The highest BCUT2D eigenvalue weighted by atomic mass is 28.5. The molecule has 2 fully saturated rings. The van der Waals surface area contributed by atoms with Gasteiger partial charge in [-0.15, -0.1) is 0 Å². The molecule has 0 aromatic heterocycles. The molecular formula is C25H54O15Si3. The quantitative estimate of drug-likeness (QED) is 0.0625. The number of hydrogen-bond donors (Lipinski definition) is 8. The van der Waals surface area contributed by atoms with Crippen molar-refractivity contribution in [1.82, 2.24) is 0 Å². The van der Waals surface area contributed by atoms with Crippen LogP contribution in [0.15, 0.2) is 0 Å². The van der Waals surface area contributed by atoms with E-state index >= 15 is 0 Å². The summed E-state index contributed by atoms with van der Waals surface area (Å²) in [6.45, 7) is 13.4. The number of aliphatic hydroxyl groups excluding tert-OH is 8. The lowest BCUT2D eigenvalue weighted by atomic mass is 9.99. The molecule has 0 aromatic rings. The zero-order chi connectivity index (χ0) is 32.8. The van der Waals surface area contributed by atoms with Crippen LogP contribution in [0, 0.1) is 0 Å². The molecule has 2 heterocycles. The summed E-state index contributed by atoms with van der Waals surface area (Å²) >= 11 is 0. The Balaban J connectivity index is 2.06. The van der Waals surface area contributed by atoms with Crippen LogP contribution in [0.2, 0.25) is 51.9 Å². The van der Waals surface area contributed by atoms with Crippen molar-refractivity contribution in [2.45, 2.75) is 126 Å². The molecule has 0 spiro atoms. The van der Waals surface area contributed by atoms with Crippen LogP contribution in [0.25, 0.3) is 0 Å². The SMILES string of the molecule is C[Si](C)(C)O[Si](C)(CCCOCC(COC1OC(CO)C(O)C(O)C1O)OC1OC(CO)C(O)C(O)C1O)O[Si](C)(C)C. The van der Waals surface area contributed by atoms with Crippen LogP contribution in [0.5, 0.6) is 0 Å². The smallest absolute Gasteiger partial charge is 0.314 e. The molecule has 18 heteroatoms. The van der Waals surface area contributed by atoms with Crippen LogP contribution < -0.4 is 0 Å². The minimum Gasteiger partial charge on any atom is -0.437 e. The minimum atomic E-state index is -2.49. The van der Waals surface area contributed by atoms with E-state index in [4.69, 9.17) is 31.9 Å². The summed E-state index contributed by atoms with van der Waals surface area (Å²) in [6.07, 6.45) is -15.4. The van der Waals surface area contributed by atoms with Crippen molar-refractivity contribution in [3.8, 4) is 0 Å². The van der Waals surface area contributed by atoms with E-state index in [2.05, 4.69) is 45.8 Å². The lowest BCUT2D eigenvalue weighted by Gasteiger charge is -2.42. The second-order valence-corrected chi connectivity index (χ2v) is 26.1. The Kier molecular flexibility index (Phi) is 15.3. The predicted molar refractivity (Wildman–Crippen MR) is 159 cm³/mol. The van der Waals surface area contributed by atoms with Crippen molar-refractivity contribution in [2.24, 2.45) is 0 Å². The second-order valence-electron chi connectivity index (χ2n) is 13.2. The molecular weight excluding hydrogens is 625 g/mol. The van der Waals surface area contributed by atoms with E-state index in [9.17, 15) is 40.9 Å². The van der Waals surface area contributed by atoms with Crippen molar-refractivity contribution < 1.29 is 72.8 Å². The van der Waals surface area contributed by atoms with Crippen LogP contribution in [0.4, 0.5) is 0 Å². The Morgan fingerprint density at radius 1 is 0.628 bits per heavy atom. The molecule has 0 amide bonds. The van der Waals surface area contributed by atoms with Crippen LogP contribution in [0.3, 0.4) is 0 Å². The fraction of sp³-hybridized carbons (Fsp3) is 1.00. The van der Waals surface area contributed by atoms with Gasteiger partial charge in [-0.3, -0.25) is 0 Å². The van der Waals surface area contributed by atoms with E-state index in [0.29, 0.717) is 19.1 Å². The topological polar surface area (TPSA) is 226 Å². The Labute approximate surface area is 256 Å². The molecule has 2 saturated heterocycles. The maximum atomic E-state index is 10.5. The summed E-state index contributed by atoms with van der Waals surface area (Å²) < 4.78 is 41.2. The normalized spacial score (nSPS) is 35.2. The number of ether oxygens (including phenoxy) is 5. The van der Waals surface area contributed by atoms with Gasteiger partial charge in [-0.1, -0.05) is 0 Å². The highest BCUT2D eigenvalue weighted by Crippen LogP contribution is 2.27. The Hall–Kier alpha value is 0.0506. The number of hydrogen-bond acceptors (Lipinski definition) is 15. The maximum absolute atomic E-state index is 10.5. The molecule has 2 aliphatic heterocycles. The summed E-state index contributed by atoms with van der Waals surface area (Å²) in [5.41, 5.74) is 0. The fourth-order valence-electron chi connectivity index (χ4n) is 5.03. The lowest BCUT2D eigenvalue weighted by molar-refractivity contribution is -0.330. The molecule has 43 heavy (non-hydrogen) atoms. The van der Waals surface area contributed by atoms with Crippen molar-refractivity contribution >= 4 is 25.2 Å². The van der Waals surface area contributed by atoms with Gasteiger partial charge in [0.25, 0.3) is 0 Å². The van der Waals surface area contributed by atoms with Gasteiger partial charge in [0.05, 0.1) is 26.4 Å². The zero-order valence-corrected chi connectivity index (χ0v) is 29.2. The molecule has 11 unspecified atom stereocenters. The first-order chi connectivity index (χ1) is 19.8. The summed E-state index contributed by atoms with van der Waals surface area (Å²) in [4.78, 5) is 0. The highest BCUT2D eigenvalue weighted by Gasteiger charge is 2.47. The van der Waals surface area contributed by atoms with Gasteiger partial charge >= 0.3 is 8.56 Å².